The lowest BCUT2D eigenvalue weighted by molar-refractivity contribution is -0.192. The van der Waals surface area contributed by atoms with Gasteiger partial charge >= 0.3 is 18.2 Å². The molecule has 32 heavy (non-hydrogen) atoms. The molecule has 10 heteroatoms. The predicted molar refractivity (Wildman–Crippen MR) is 111 cm³/mol. The van der Waals surface area contributed by atoms with Crippen molar-refractivity contribution in [3.8, 4) is 0 Å². The fourth-order valence-electron chi connectivity index (χ4n) is 4.27. The predicted octanol–water partition coefficient (Wildman–Crippen LogP) is 3.26. The lowest BCUT2D eigenvalue weighted by Gasteiger charge is -2.24. The first-order chi connectivity index (χ1) is 15.1. The molecule has 0 radical (unpaired) electrons. The van der Waals surface area contributed by atoms with Gasteiger partial charge in [0.1, 0.15) is 0 Å². The van der Waals surface area contributed by atoms with Gasteiger partial charge in [0.25, 0.3) is 0 Å². The van der Waals surface area contributed by atoms with E-state index in [1.807, 2.05) is 18.5 Å². The SMILES string of the molecule is CN(C)C(=O)N[C@H]1c2ccccc2[C@@H]2CN(Cc3cccnc3)C[C@@H]21.O=C(O)C(F)(F)F. The monoisotopic (exact) mass is 450 g/mol. The molecule has 4 rings (SSSR count). The number of alkyl halides is 3. The third-order valence-electron chi connectivity index (χ3n) is 5.66. The number of pyridine rings is 1. The van der Waals surface area contributed by atoms with Crippen molar-refractivity contribution in [2.24, 2.45) is 5.92 Å². The number of halogens is 3. The van der Waals surface area contributed by atoms with E-state index in [-0.39, 0.29) is 12.1 Å². The number of carbonyl (C=O) groups is 2. The van der Waals surface area contributed by atoms with E-state index in [0.29, 0.717) is 11.8 Å². The van der Waals surface area contributed by atoms with E-state index >= 15 is 0 Å². The molecular weight excluding hydrogens is 425 g/mol. The minimum absolute atomic E-state index is 0.0221. The molecule has 0 bridgehead atoms. The molecule has 0 spiro atoms. The number of fused-ring (bicyclic) bond motifs is 3. The van der Waals surface area contributed by atoms with Crippen LogP contribution in [0, 0.1) is 5.92 Å². The van der Waals surface area contributed by atoms with Crippen LogP contribution in [0.5, 0.6) is 0 Å². The van der Waals surface area contributed by atoms with Gasteiger partial charge in [0.15, 0.2) is 0 Å². The number of benzene rings is 1. The Morgan fingerprint density at radius 3 is 2.38 bits per heavy atom. The summed E-state index contributed by atoms with van der Waals surface area (Å²) in [5, 5.41) is 10.4. The summed E-state index contributed by atoms with van der Waals surface area (Å²) in [7, 11) is 3.58. The van der Waals surface area contributed by atoms with Crippen molar-refractivity contribution < 1.29 is 27.9 Å². The van der Waals surface area contributed by atoms with Gasteiger partial charge in [-0.25, -0.2) is 9.59 Å². The van der Waals surface area contributed by atoms with Crippen molar-refractivity contribution in [3.05, 3.63) is 65.5 Å². The molecule has 2 amide bonds. The summed E-state index contributed by atoms with van der Waals surface area (Å²) >= 11 is 0. The zero-order valence-corrected chi connectivity index (χ0v) is 17.7. The maximum atomic E-state index is 12.3. The molecule has 2 heterocycles. The van der Waals surface area contributed by atoms with E-state index in [1.54, 1.807) is 19.0 Å². The van der Waals surface area contributed by atoms with Crippen molar-refractivity contribution in [2.45, 2.75) is 24.7 Å². The van der Waals surface area contributed by atoms with E-state index in [2.05, 4.69) is 45.5 Å². The van der Waals surface area contributed by atoms with Gasteiger partial charge in [0.2, 0.25) is 0 Å². The van der Waals surface area contributed by atoms with Gasteiger partial charge in [0.05, 0.1) is 6.04 Å². The van der Waals surface area contributed by atoms with E-state index in [9.17, 15) is 18.0 Å². The fraction of sp³-hybridized carbons (Fsp3) is 0.409. The van der Waals surface area contributed by atoms with Crippen molar-refractivity contribution in [2.75, 3.05) is 27.2 Å². The van der Waals surface area contributed by atoms with E-state index < -0.39 is 12.1 Å². The Labute approximate surface area is 183 Å². The summed E-state index contributed by atoms with van der Waals surface area (Å²) in [6, 6.07) is 12.8. The minimum Gasteiger partial charge on any atom is -0.475 e. The number of urea groups is 1. The smallest absolute Gasteiger partial charge is 0.475 e. The van der Waals surface area contributed by atoms with Crippen LogP contribution in [0.4, 0.5) is 18.0 Å². The van der Waals surface area contributed by atoms with Crippen LogP contribution >= 0.6 is 0 Å². The lowest BCUT2D eigenvalue weighted by atomic mass is 9.94. The molecule has 2 aromatic rings. The number of hydrogen-bond donors (Lipinski definition) is 2. The standard InChI is InChI=1S/C20H24N4O.C2HF3O2/c1-23(2)20(25)22-19-16-8-4-3-7-15(16)17-12-24(13-18(17)19)11-14-6-5-9-21-10-14;3-2(4,5)1(6)7/h3-10,17-19H,11-13H2,1-2H3,(H,22,25);(H,6,7)/t17-,18-,19-;/m0./s1. The molecule has 172 valence electrons. The molecule has 1 aliphatic carbocycles. The highest BCUT2D eigenvalue weighted by Gasteiger charge is 2.46. The largest absolute Gasteiger partial charge is 0.490 e. The number of hydrogen-bond acceptors (Lipinski definition) is 4. The molecule has 1 aromatic heterocycles. The molecule has 2 N–H and O–H groups in total. The third kappa shape index (κ3) is 5.37. The van der Waals surface area contributed by atoms with Gasteiger partial charge in [0, 0.05) is 58.0 Å². The molecule has 0 unspecified atom stereocenters. The highest BCUT2D eigenvalue weighted by Crippen LogP contribution is 2.49. The summed E-state index contributed by atoms with van der Waals surface area (Å²) < 4.78 is 31.7. The first-order valence-electron chi connectivity index (χ1n) is 10.1. The molecule has 3 atom stereocenters. The van der Waals surface area contributed by atoms with Gasteiger partial charge in [-0.15, -0.1) is 0 Å². The average molecular weight is 450 g/mol. The summed E-state index contributed by atoms with van der Waals surface area (Å²) in [6.07, 6.45) is -1.33. The number of likely N-dealkylation sites (tertiary alicyclic amines) is 1. The van der Waals surface area contributed by atoms with Gasteiger partial charge in [-0.3, -0.25) is 9.88 Å². The Kier molecular flexibility index (Phi) is 7.02. The molecule has 7 nitrogen and oxygen atoms in total. The normalized spacial score (nSPS) is 21.7. The van der Waals surface area contributed by atoms with Crippen LogP contribution in [0.15, 0.2) is 48.8 Å². The molecule has 1 fully saturated rings. The maximum Gasteiger partial charge on any atom is 0.490 e. The number of rotatable bonds is 3. The van der Waals surface area contributed by atoms with E-state index in [0.717, 1.165) is 19.6 Å². The number of carboxylic acids is 1. The molecule has 2 aliphatic rings. The molecule has 1 aliphatic heterocycles. The number of nitrogens with one attached hydrogen (secondary N) is 1. The second-order valence-corrected chi connectivity index (χ2v) is 8.08. The minimum atomic E-state index is -5.08. The van der Waals surface area contributed by atoms with Gasteiger partial charge < -0.3 is 15.3 Å². The maximum absolute atomic E-state index is 12.3. The Morgan fingerprint density at radius 1 is 1.16 bits per heavy atom. The Hall–Kier alpha value is -3.14. The second kappa shape index (κ2) is 9.56. The van der Waals surface area contributed by atoms with Gasteiger partial charge in [-0.1, -0.05) is 30.3 Å². The molecule has 0 saturated carbocycles. The zero-order chi connectivity index (χ0) is 23.5. The van der Waals surface area contributed by atoms with Crippen LogP contribution in [0.2, 0.25) is 0 Å². The summed E-state index contributed by atoms with van der Waals surface area (Å²) in [6.45, 7) is 2.94. The molecular formula is C22H25F3N4O3. The first kappa shape index (κ1) is 23.5. The number of amides is 2. The quantitative estimate of drug-likeness (QED) is 0.750. The topological polar surface area (TPSA) is 85.8 Å². The third-order valence-corrected chi connectivity index (χ3v) is 5.66. The average Bonchev–Trinajstić information content (AvgIpc) is 3.26. The zero-order valence-electron chi connectivity index (χ0n) is 17.7. The van der Waals surface area contributed by atoms with Gasteiger partial charge in [-0.2, -0.15) is 13.2 Å². The van der Waals surface area contributed by atoms with Crippen molar-refractivity contribution in [1.29, 1.82) is 0 Å². The number of carbonyl (C=O) groups excluding carboxylic acids is 1. The number of aromatic nitrogens is 1. The second-order valence-electron chi connectivity index (χ2n) is 8.08. The summed E-state index contributed by atoms with van der Waals surface area (Å²) in [5.74, 6) is -1.84. The Bertz CT molecular complexity index is 953. The number of carboxylic acid groups (broad SMARTS) is 1. The van der Waals surface area contributed by atoms with Crippen LogP contribution in [0.3, 0.4) is 0 Å². The number of aliphatic carboxylic acids is 1. The van der Waals surface area contributed by atoms with Gasteiger partial charge in [-0.05, 0) is 22.8 Å². The Balaban J connectivity index is 0.000000360. The van der Waals surface area contributed by atoms with Crippen LogP contribution in [0.25, 0.3) is 0 Å². The van der Waals surface area contributed by atoms with Crippen molar-refractivity contribution >= 4 is 12.0 Å². The van der Waals surface area contributed by atoms with E-state index in [1.165, 1.54) is 16.7 Å². The van der Waals surface area contributed by atoms with Crippen LogP contribution in [-0.2, 0) is 11.3 Å². The van der Waals surface area contributed by atoms with Crippen LogP contribution in [0.1, 0.15) is 28.7 Å². The highest BCUT2D eigenvalue weighted by molar-refractivity contribution is 5.74. The van der Waals surface area contributed by atoms with Crippen molar-refractivity contribution in [3.63, 3.8) is 0 Å². The number of nitrogens with zero attached hydrogens (tertiary/aromatic N) is 3. The molecule has 1 saturated heterocycles. The highest BCUT2D eigenvalue weighted by atomic mass is 19.4. The van der Waals surface area contributed by atoms with Crippen molar-refractivity contribution in [1.82, 2.24) is 20.1 Å². The van der Waals surface area contributed by atoms with Crippen LogP contribution in [-0.4, -0.2) is 65.3 Å². The summed E-state index contributed by atoms with van der Waals surface area (Å²) in [4.78, 5) is 29.5. The Morgan fingerprint density at radius 2 is 1.81 bits per heavy atom. The first-order valence-corrected chi connectivity index (χ1v) is 10.1. The summed E-state index contributed by atoms with van der Waals surface area (Å²) in [5.41, 5.74) is 3.92. The van der Waals surface area contributed by atoms with Crippen LogP contribution < -0.4 is 5.32 Å². The lowest BCUT2D eigenvalue weighted by Crippen LogP contribution is -2.39. The van der Waals surface area contributed by atoms with E-state index in [4.69, 9.17) is 9.90 Å². The molecule has 1 aromatic carbocycles. The fourth-order valence-corrected chi connectivity index (χ4v) is 4.27.